The van der Waals surface area contributed by atoms with Gasteiger partial charge >= 0.3 is 0 Å². The molecule has 4 nitrogen and oxygen atoms in total. The highest BCUT2D eigenvalue weighted by Gasteiger charge is 2.25. The van der Waals surface area contributed by atoms with Crippen LogP contribution >= 0.6 is 11.6 Å². The Balaban J connectivity index is 1.25. The van der Waals surface area contributed by atoms with Gasteiger partial charge in [0.1, 0.15) is 0 Å². The van der Waals surface area contributed by atoms with Gasteiger partial charge in [-0.25, -0.2) is 0 Å². The van der Waals surface area contributed by atoms with Crippen LogP contribution in [0.5, 0.6) is 0 Å². The molecule has 1 unspecified atom stereocenters. The third kappa shape index (κ3) is 5.05. The maximum Gasteiger partial charge on any atom is 0.0455 e. The van der Waals surface area contributed by atoms with Gasteiger partial charge in [0.15, 0.2) is 0 Å². The highest BCUT2D eigenvalue weighted by molar-refractivity contribution is 6.31. The van der Waals surface area contributed by atoms with E-state index in [1.54, 1.807) is 0 Å². The molecule has 1 N–H and O–H groups in total. The highest BCUT2D eigenvalue weighted by Crippen LogP contribution is 2.26. The number of aryl methyl sites for hydroxylation is 1. The molecule has 2 fully saturated rings. The van der Waals surface area contributed by atoms with Crippen LogP contribution in [0.15, 0.2) is 42.7 Å². The summed E-state index contributed by atoms with van der Waals surface area (Å²) in [5.74, 6) is 0. The molecule has 1 aromatic carbocycles. The zero-order valence-electron chi connectivity index (χ0n) is 16.8. The maximum atomic E-state index is 6.31. The Labute approximate surface area is 173 Å². The Kier molecular flexibility index (Phi) is 6.50. The predicted molar refractivity (Wildman–Crippen MR) is 117 cm³/mol. The van der Waals surface area contributed by atoms with E-state index in [4.69, 9.17) is 11.6 Å². The molecule has 4 rings (SSSR count). The fourth-order valence-corrected chi connectivity index (χ4v) is 4.68. The fourth-order valence-electron chi connectivity index (χ4n) is 4.50. The minimum Gasteiger partial charge on any atom is -0.371 e. The average Bonchev–Trinajstić information content (AvgIpc) is 2.72. The first kappa shape index (κ1) is 19.7. The summed E-state index contributed by atoms with van der Waals surface area (Å²) in [6, 6.07) is 11.9. The molecule has 5 heteroatoms. The third-order valence-electron chi connectivity index (χ3n) is 6.12. The van der Waals surface area contributed by atoms with Crippen molar-refractivity contribution in [3.8, 4) is 0 Å². The molecule has 1 aromatic heterocycles. The van der Waals surface area contributed by atoms with Crippen molar-refractivity contribution in [1.82, 2.24) is 15.2 Å². The van der Waals surface area contributed by atoms with E-state index in [9.17, 15) is 0 Å². The molecule has 2 aliphatic rings. The Hall–Kier alpha value is -1.62. The summed E-state index contributed by atoms with van der Waals surface area (Å²) >= 11 is 6.31. The molecule has 3 heterocycles. The molecule has 150 valence electrons. The number of rotatable bonds is 5. The van der Waals surface area contributed by atoms with Crippen molar-refractivity contribution >= 4 is 17.3 Å². The Morgan fingerprint density at radius 2 is 1.96 bits per heavy atom. The van der Waals surface area contributed by atoms with Gasteiger partial charge in [0.05, 0.1) is 0 Å². The largest absolute Gasteiger partial charge is 0.371 e. The van der Waals surface area contributed by atoms with E-state index < -0.39 is 0 Å². The third-order valence-corrected chi connectivity index (χ3v) is 6.53. The molecule has 2 aromatic rings. The molecule has 0 radical (unpaired) electrons. The van der Waals surface area contributed by atoms with Gasteiger partial charge in [-0.3, -0.25) is 9.88 Å². The zero-order valence-corrected chi connectivity index (χ0v) is 17.5. The van der Waals surface area contributed by atoms with Crippen LogP contribution in [0.4, 0.5) is 5.69 Å². The number of halogens is 1. The van der Waals surface area contributed by atoms with Gasteiger partial charge in [0.2, 0.25) is 0 Å². The molecule has 1 atom stereocenters. The van der Waals surface area contributed by atoms with Gasteiger partial charge in [-0.1, -0.05) is 23.7 Å². The first-order valence-electron chi connectivity index (χ1n) is 10.6. The van der Waals surface area contributed by atoms with E-state index in [0.717, 1.165) is 36.8 Å². The number of hydrogen-bond donors (Lipinski definition) is 1. The molecular weight excluding hydrogens is 368 g/mol. The SMILES string of the molecule is Cc1ccc(N2CCC(NC3CCCN(Cc4cccnc4)C3)CC2)cc1Cl. The summed E-state index contributed by atoms with van der Waals surface area (Å²) in [6.45, 7) is 7.61. The summed E-state index contributed by atoms with van der Waals surface area (Å²) in [5.41, 5.74) is 3.72. The second-order valence-corrected chi connectivity index (χ2v) is 8.70. The Morgan fingerprint density at radius 3 is 2.71 bits per heavy atom. The lowest BCUT2D eigenvalue weighted by molar-refractivity contribution is 0.171. The molecule has 0 amide bonds. The van der Waals surface area contributed by atoms with Crippen molar-refractivity contribution in [2.75, 3.05) is 31.1 Å². The highest BCUT2D eigenvalue weighted by atomic mass is 35.5. The summed E-state index contributed by atoms with van der Waals surface area (Å²) in [7, 11) is 0. The Morgan fingerprint density at radius 1 is 1.11 bits per heavy atom. The number of aromatic nitrogens is 1. The molecule has 0 aliphatic carbocycles. The van der Waals surface area contributed by atoms with Crippen LogP contribution in [0.1, 0.15) is 36.8 Å². The summed E-state index contributed by atoms with van der Waals surface area (Å²) < 4.78 is 0. The van der Waals surface area contributed by atoms with Gasteiger partial charge in [0.25, 0.3) is 0 Å². The van der Waals surface area contributed by atoms with Crippen LogP contribution in [0, 0.1) is 6.92 Å². The quantitative estimate of drug-likeness (QED) is 0.815. The van der Waals surface area contributed by atoms with E-state index in [-0.39, 0.29) is 0 Å². The van der Waals surface area contributed by atoms with Gasteiger partial charge in [0, 0.05) is 61.4 Å². The minimum absolute atomic E-state index is 0.607. The predicted octanol–water partition coefficient (Wildman–Crippen LogP) is 4.27. The van der Waals surface area contributed by atoms with Crippen molar-refractivity contribution in [1.29, 1.82) is 0 Å². The molecule has 0 saturated carbocycles. The molecule has 28 heavy (non-hydrogen) atoms. The minimum atomic E-state index is 0.607. The lowest BCUT2D eigenvalue weighted by Crippen LogP contribution is -2.51. The molecular formula is C23H31ClN4. The van der Waals surface area contributed by atoms with Crippen LogP contribution in [-0.2, 0) is 6.54 Å². The van der Waals surface area contributed by atoms with E-state index >= 15 is 0 Å². The number of piperidine rings is 2. The number of pyridine rings is 1. The van der Waals surface area contributed by atoms with E-state index in [1.807, 2.05) is 18.5 Å². The summed E-state index contributed by atoms with van der Waals surface area (Å²) in [4.78, 5) is 9.29. The van der Waals surface area contributed by atoms with E-state index in [2.05, 4.69) is 51.3 Å². The smallest absolute Gasteiger partial charge is 0.0455 e. The molecule has 0 spiro atoms. The van der Waals surface area contributed by atoms with Gasteiger partial charge in [-0.2, -0.15) is 0 Å². The second-order valence-electron chi connectivity index (χ2n) is 8.30. The van der Waals surface area contributed by atoms with Gasteiger partial charge in [-0.15, -0.1) is 0 Å². The number of nitrogens with one attached hydrogen (secondary N) is 1. The standard InChI is InChI=1S/C23H31ClN4/c1-18-6-7-22(14-23(18)24)28-12-8-20(9-13-28)26-21-5-3-11-27(17-21)16-19-4-2-10-25-15-19/h2,4,6-7,10,14-15,20-21,26H,3,5,8-9,11-13,16-17H2,1H3. The van der Waals surface area contributed by atoms with Crippen LogP contribution in [0.2, 0.25) is 5.02 Å². The number of nitrogens with zero attached hydrogens (tertiary/aromatic N) is 3. The van der Waals surface area contributed by atoms with Gasteiger partial charge < -0.3 is 10.2 Å². The normalized spacial score (nSPS) is 21.8. The van der Waals surface area contributed by atoms with Crippen LogP contribution in [0.25, 0.3) is 0 Å². The average molecular weight is 399 g/mol. The first-order chi connectivity index (χ1) is 13.7. The van der Waals surface area contributed by atoms with E-state index in [1.165, 1.54) is 43.5 Å². The summed E-state index contributed by atoms with van der Waals surface area (Å²) in [5, 5.41) is 4.83. The van der Waals surface area contributed by atoms with Crippen LogP contribution in [0.3, 0.4) is 0 Å². The lowest BCUT2D eigenvalue weighted by atomic mass is 9.99. The number of anilines is 1. The molecule has 2 aliphatic heterocycles. The van der Waals surface area contributed by atoms with Crippen molar-refractivity contribution in [3.05, 3.63) is 58.9 Å². The zero-order chi connectivity index (χ0) is 19.3. The maximum absolute atomic E-state index is 6.31. The van der Waals surface area contributed by atoms with Crippen molar-refractivity contribution in [2.45, 2.75) is 51.2 Å². The fraction of sp³-hybridized carbons (Fsp3) is 0.522. The Bertz CT molecular complexity index is 758. The molecule has 2 saturated heterocycles. The number of benzene rings is 1. The molecule has 0 bridgehead atoms. The van der Waals surface area contributed by atoms with Crippen molar-refractivity contribution in [2.24, 2.45) is 0 Å². The topological polar surface area (TPSA) is 31.4 Å². The van der Waals surface area contributed by atoms with Crippen molar-refractivity contribution < 1.29 is 0 Å². The second kappa shape index (κ2) is 9.25. The number of hydrogen-bond acceptors (Lipinski definition) is 4. The number of likely N-dealkylation sites (tertiary alicyclic amines) is 1. The summed E-state index contributed by atoms with van der Waals surface area (Å²) in [6.07, 6.45) is 8.80. The lowest BCUT2D eigenvalue weighted by Gasteiger charge is -2.39. The van der Waals surface area contributed by atoms with E-state index in [0.29, 0.717) is 12.1 Å². The first-order valence-corrected chi connectivity index (χ1v) is 10.9. The van der Waals surface area contributed by atoms with Crippen molar-refractivity contribution in [3.63, 3.8) is 0 Å². The van der Waals surface area contributed by atoms with Crippen LogP contribution < -0.4 is 10.2 Å². The van der Waals surface area contributed by atoms with Crippen LogP contribution in [-0.4, -0.2) is 48.1 Å². The van der Waals surface area contributed by atoms with Gasteiger partial charge in [-0.05, 0) is 68.5 Å². The monoisotopic (exact) mass is 398 g/mol.